The standard InChI is InChI=1S/C26H42O3/c1-3-4-5-6-7-8-9-10-11-12-13-14-15-16-17-18-26(28)29-23(2)24-19-21-25(27)22-20-24/h10-11,19-23,27H,3-9,12-18H2,1-2H3/b11-10-. The number of hydrogen-bond donors (Lipinski definition) is 1. The van der Waals surface area contributed by atoms with Gasteiger partial charge < -0.3 is 9.84 Å². The van der Waals surface area contributed by atoms with E-state index in [-0.39, 0.29) is 17.8 Å². The molecule has 0 heterocycles. The Bertz CT molecular complexity index is 548. The Labute approximate surface area is 178 Å². The molecule has 0 amide bonds. The molecule has 0 saturated heterocycles. The Morgan fingerprint density at radius 2 is 1.38 bits per heavy atom. The van der Waals surface area contributed by atoms with Gasteiger partial charge in [-0.15, -0.1) is 0 Å². The number of aromatic hydroxyl groups is 1. The third-order valence-electron chi connectivity index (χ3n) is 5.31. The average molecular weight is 403 g/mol. The third kappa shape index (κ3) is 13.9. The van der Waals surface area contributed by atoms with E-state index in [4.69, 9.17) is 4.74 Å². The zero-order valence-electron chi connectivity index (χ0n) is 18.7. The fourth-order valence-electron chi connectivity index (χ4n) is 3.41. The van der Waals surface area contributed by atoms with Crippen LogP contribution in [-0.2, 0) is 9.53 Å². The zero-order valence-corrected chi connectivity index (χ0v) is 18.7. The summed E-state index contributed by atoms with van der Waals surface area (Å²) in [5, 5.41) is 9.31. The summed E-state index contributed by atoms with van der Waals surface area (Å²) < 4.78 is 5.47. The average Bonchev–Trinajstić information content (AvgIpc) is 2.71. The lowest BCUT2D eigenvalue weighted by atomic mass is 10.1. The SMILES string of the molecule is CCCCCCCC/C=C\CCCCCCCC(=O)OC(C)c1ccc(O)cc1. The summed E-state index contributed by atoms with van der Waals surface area (Å²) in [7, 11) is 0. The van der Waals surface area contributed by atoms with Crippen molar-refractivity contribution in [1.82, 2.24) is 0 Å². The van der Waals surface area contributed by atoms with Crippen molar-refractivity contribution in [3.63, 3.8) is 0 Å². The largest absolute Gasteiger partial charge is 0.508 e. The number of hydrogen-bond acceptors (Lipinski definition) is 3. The van der Waals surface area contributed by atoms with Crippen molar-refractivity contribution in [2.24, 2.45) is 0 Å². The maximum Gasteiger partial charge on any atom is 0.306 e. The quantitative estimate of drug-likeness (QED) is 0.163. The number of phenolic OH excluding ortho intramolecular Hbond substituents is 1. The van der Waals surface area contributed by atoms with Gasteiger partial charge in [0.25, 0.3) is 0 Å². The van der Waals surface area contributed by atoms with Gasteiger partial charge in [0.15, 0.2) is 0 Å². The van der Waals surface area contributed by atoms with Gasteiger partial charge >= 0.3 is 5.97 Å². The summed E-state index contributed by atoms with van der Waals surface area (Å²) in [5.41, 5.74) is 0.903. The molecule has 0 aliphatic heterocycles. The highest BCUT2D eigenvalue weighted by molar-refractivity contribution is 5.69. The van der Waals surface area contributed by atoms with Crippen LogP contribution in [0.1, 0.15) is 115 Å². The molecular formula is C26H42O3. The first-order valence-corrected chi connectivity index (χ1v) is 11.8. The summed E-state index contributed by atoms with van der Waals surface area (Å²) >= 11 is 0. The fraction of sp³-hybridized carbons (Fsp3) is 0.654. The Balaban J connectivity index is 1.91. The number of carbonyl (C=O) groups is 1. The molecule has 0 spiro atoms. The van der Waals surface area contributed by atoms with Crippen molar-refractivity contribution in [2.45, 2.75) is 110 Å². The highest BCUT2D eigenvalue weighted by Gasteiger charge is 2.11. The van der Waals surface area contributed by atoms with E-state index in [1.165, 1.54) is 70.6 Å². The van der Waals surface area contributed by atoms with E-state index in [0.29, 0.717) is 6.42 Å². The maximum atomic E-state index is 11.9. The van der Waals surface area contributed by atoms with Crippen LogP contribution in [0.2, 0.25) is 0 Å². The van der Waals surface area contributed by atoms with Crippen molar-refractivity contribution in [2.75, 3.05) is 0 Å². The van der Waals surface area contributed by atoms with Crippen molar-refractivity contribution < 1.29 is 14.6 Å². The molecule has 1 aromatic carbocycles. The molecule has 1 rings (SSSR count). The molecule has 29 heavy (non-hydrogen) atoms. The normalized spacial score (nSPS) is 12.3. The van der Waals surface area contributed by atoms with Gasteiger partial charge in [0.05, 0.1) is 0 Å². The van der Waals surface area contributed by atoms with Crippen molar-refractivity contribution in [3.8, 4) is 5.75 Å². The van der Waals surface area contributed by atoms with Gasteiger partial charge in [-0.1, -0.05) is 82.6 Å². The van der Waals surface area contributed by atoms with Gasteiger partial charge in [0.1, 0.15) is 11.9 Å². The molecule has 3 nitrogen and oxygen atoms in total. The van der Waals surface area contributed by atoms with E-state index in [9.17, 15) is 9.90 Å². The summed E-state index contributed by atoms with van der Waals surface area (Å²) in [6.45, 7) is 4.13. The third-order valence-corrected chi connectivity index (χ3v) is 5.31. The van der Waals surface area contributed by atoms with Crippen LogP contribution in [0.3, 0.4) is 0 Å². The van der Waals surface area contributed by atoms with Gasteiger partial charge in [-0.05, 0) is 56.7 Å². The molecule has 0 radical (unpaired) electrons. The van der Waals surface area contributed by atoms with Crippen LogP contribution >= 0.6 is 0 Å². The lowest BCUT2D eigenvalue weighted by Crippen LogP contribution is -2.08. The van der Waals surface area contributed by atoms with Gasteiger partial charge in [0, 0.05) is 6.42 Å². The first-order chi connectivity index (χ1) is 14.1. The second-order valence-corrected chi connectivity index (χ2v) is 8.06. The van der Waals surface area contributed by atoms with E-state index in [0.717, 1.165) is 18.4 Å². The van der Waals surface area contributed by atoms with Crippen LogP contribution in [0.25, 0.3) is 0 Å². The number of allylic oxidation sites excluding steroid dienone is 2. The lowest BCUT2D eigenvalue weighted by molar-refractivity contribution is -0.148. The van der Waals surface area contributed by atoms with Crippen LogP contribution in [0.5, 0.6) is 5.75 Å². The van der Waals surface area contributed by atoms with Crippen molar-refractivity contribution >= 4 is 5.97 Å². The Morgan fingerprint density at radius 3 is 1.97 bits per heavy atom. The zero-order chi connectivity index (χ0) is 21.2. The van der Waals surface area contributed by atoms with E-state index >= 15 is 0 Å². The molecule has 0 fully saturated rings. The molecule has 0 aliphatic carbocycles. The molecule has 1 unspecified atom stereocenters. The van der Waals surface area contributed by atoms with Crippen LogP contribution in [0.4, 0.5) is 0 Å². The number of rotatable bonds is 17. The minimum Gasteiger partial charge on any atom is -0.508 e. The predicted molar refractivity (Wildman–Crippen MR) is 122 cm³/mol. The Morgan fingerprint density at radius 1 is 0.862 bits per heavy atom. The minimum absolute atomic E-state index is 0.136. The number of esters is 1. The minimum atomic E-state index is -0.272. The molecule has 0 aliphatic rings. The molecule has 1 aromatic rings. The summed E-state index contributed by atoms with van der Waals surface area (Å²) in [6, 6.07) is 6.80. The number of benzene rings is 1. The van der Waals surface area contributed by atoms with Gasteiger partial charge in [-0.25, -0.2) is 0 Å². The highest BCUT2D eigenvalue weighted by atomic mass is 16.5. The van der Waals surface area contributed by atoms with Crippen LogP contribution in [-0.4, -0.2) is 11.1 Å². The first-order valence-electron chi connectivity index (χ1n) is 11.8. The predicted octanol–water partition coefficient (Wildman–Crippen LogP) is 8.03. The second kappa shape index (κ2) is 17.1. The summed E-state index contributed by atoms with van der Waals surface area (Å²) in [4.78, 5) is 11.9. The number of phenols is 1. The van der Waals surface area contributed by atoms with Crippen molar-refractivity contribution in [3.05, 3.63) is 42.0 Å². The first kappa shape index (κ1) is 25.3. The van der Waals surface area contributed by atoms with Crippen LogP contribution in [0, 0.1) is 0 Å². The van der Waals surface area contributed by atoms with E-state index in [1.54, 1.807) is 24.3 Å². The molecule has 3 heteroatoms. The molecule has 0 bridgehead atoms. The number of unbranched alkanes of at least 4 members (excludes halogenated alkanes) is 11. The highest BCUT2D eigenvalue weighted by Crippen LogP contribution is 2.20. The van der Waals surface area contributed by atoms with E-state index in [1.807, 2.05) is 6.92 Å². The summed E-state index contributed by atoms with van der Waals surface area (Å²) in [5.74, 6) is 0.0868. The van der Waals surface area contributed by atoms with Gasteiger partial charge in [-0.3, -0.25) is 4.79 Å². The lowest BCUT2D eigenvalue weighted by Gasteiger charge is -2.13. The second-order valence-electron chi connectivity index (χ2n) is 8.06. The topological polar surface area (TPSA) is 46.5 Å². The fourth-order valence-corrected chi connectivity index (χ4v) is 3.41. The van der Waals surface area contributed by atoms with Gasteiger partial charge in [0.2, 0.25) is 0 Å². The van der Waals surface area contributed by atoms with Crippen LogP contribution < -0.4 is 0 Å². The summed E-state index contributed by atoms with van der Waals surface area (Å²) in [6.07, 6.45) is 21.2. The Hall–Kier alpha value is -1.77. The molecule has 0 saturated carbocycles. The van der Waals surface area contributed by atoms with E-state index in [2.05, 4.69) is 19.1 Å². The molecule has 1 N–H and O–H groups in total. The number of carbonyl (C=O) groups excluding carboxylic acids is 1. The van der Waals surface area contributed by atoms with E-state index < -0.39 is 0 Å². The van der Waals surface area contributed by atoms with Crippen LogP contribution in [0.15, 0.2) is 36.4 Å². The molecule has 164 valence electrons. The Kier molecular flexibility index (Phi) is 14.9. The molecule has 0 aromatic heterocycles. The molecule has 1 atom stereocenters. The monoisotopic (exact) mass is 402 g/mol. The maximum absolute atomic E-state index is 11.9. The molecular weight excluding hydrogens is 360 g/mol. The van der Waals surface area contributed by atoms with Crippen molar-refractivity contribution in [1.29, 1.82) is 0 Å². The smallest absolute Gasteiger partial charge is 0.306 e. The number of ether oxygens (including phenoxy) is 1. The van der Waals surface area contributed by atoms with Gasteiger partial charge in [-0.2, -0.15) is 0 Å².